The third-order valence-electron chi connectivity index (χ3n) is 2.86. The van der Waals surface area contributed by atoms with Gasteiger partial charge in [-0.15, -0.1) is 0 Å². The summed E-state index contributed by atoms with van der Waals surface area (Å²) in [7, 11) is 0. The van der Waals surface area contributed by atoms with Gasteiger partial charge in [0, 0.05) is 13.1 Å². The Morgan fingerprint density at radius 2 is 1.85 bits per heavy atom. The summed E-state index contributed by atoms with van der Waals surface area (Å²) in [5.41, 5.74) is 1.07. The van der Waals surface area contributed by atoms with Gasteiger partial charge in [-0.3, -0.25) is 0 Å². The van der Waals surface area contributed by atoms with Crippen molar-refractivity contribution in [3.05, 3.63) is 59.8 Å². The molecule has 1 aromatic heterocycles. The summed E-state index contributed by atoms with van der Waals surface area (Å²) < 4.78 is 0. The maximum absolute atomic E-state index is 11.0. The van der Waals surface area contributed by atoms with Gasteiger partial charge in [0.2, 0.25) is 0 Å². The molecule has 1 heterocycles. The molecule has 0 aliphatic rings. The maximum atomic E-state index is 11.0. The van der Waals surface area contributed by atoms with Crippen LogP contribution in [0.1, 0.15) is 16.1 Å². The molecule has 2 rings (SSSR count). The van der Waals surface area contributed by atoms with E-state index in [1.165, 1.54) is 6.07 Å². The zero-order valence-corrected chi connectivity index (χ0v) is 10.9. The van der Waals surface area contributed by atoms with Crippen LogP contribution < -0.4 is 4.90 Å². The average Bonchev–Trinajstić information content (AvgIpc) is 2.48. The van der Waals surface area contributed by atoms with E-state index in [-0.39, 0.29) is 12.3 Å². The van der Waals surface area contributed by atoms with E-state index < -0.39 is 5.97 Å². The van der Waals surface area contributed by atoms with E-state index in [9.17, 15) is 4.79 Å². The Kier molecular flexibility index (Phi) is 4.68. The molecule has 0 saturated carbocycles. The number of aromatic carboxylic acids is 1. The molecule has 0 aliphatic heterocycles. The zero-order valence-electron chi connectivity index (χ0n) is 10.9. The number of carboxylic acids is 1. The van der Waals surface area contributed by atoms with Gasteiger partial charge in [0.05, 0.1) is 6.61 Å². The lowest BCUT2D eigenvalue weighted by molar-refractivity contribution is 0.0690. The Hall–Kier alpha value is -2.40. The Morgan fingerprint density at radius 1 is 1.10 bits per heavy atom. The fourth-order valence-corrected chi connectivity index (χ4v) is 1.92. The SMILES string of the molecule is O=C(O)c1cccc(N(CCO)Cc2ccccc2)n1. The zero-order chi connectivity index (χ0) is 14.4. The number of hydrogen-bond donors (Lipinski definition) is 2. The lowest BCUT2D eigenvalue weighted by Crippen LogP contribution is -2.27. The van der Waals surface area contributed by atoms with Gasteiger partial charge in [-0.2, -0.15) is 0 Å². The molecule has 0 fully saturated rings. The lowest BCUT2D eigenvalue weighted by Gasteiger charge is -2.23. The number of aromatic nitrogens is 1. The number of aliphatic hydroxyl groups is 1. The first-order valence-electron chi connectivity index (χ1n) is 6.31. The molecule has 0 unspecified atom stereocenters. The van der Waals surface area contributed by atoms with Crippen LogP contribution in [0.25, 0.3) is 0 Å². The van der Waals surface area contributed by atoms with Gasteiger partial charge in [-0.05, 0) is 17.7 Å². The van der Waals surface area contributed by atoms with E-state index in [1.807, 2.05) is 35.2 Å². The first-order valence-corrected chi connectivity index (χ1v) is 6.31. The van der Waals surface area contributed by atoms with Crippen LogP contribution >= 0.6 is 0 Å². The second kappa shape index (κ2) is 6.68. The highest BCUT2D eigenvalue weighted by atomic mass is 16.4. The predicted molar refractivity (Wildman–Crippen MR) is 75.8 cm³/mol. The summed E-state index contributed by atoms with van der Waals surface area (Å²) in [6.45, 7) is 0.939. The number of benzene rings is 1. The Bertz CT molecular complexity index is 572. The number of aliphatic hydroxyl groups excluding tert-OH is 1. The van der Waals surface area contributed by atoms with E-state index in [2.05, 4.69) is 4.98 Å². The minimum atomic E-state index is -1.06. The molecular formula is C15H16N2O3. The lowest BCUT2D eigenvalue weighted by atomic mass is 10.2. The molecular weight excluding hydrogens is 256 g/mol. The van der Waals surface area contributed by atoms with E-state index in [0.717, 1.165) is 5.56 Å². The smallest absolute Gasteiger partial charge is 0.354 e. The molecule has 0 atom stereocenters. The fraction of sp³-hybridized carbons (Fsp3) is 0.200. The van der Waals surface area contributed by atoms with Crippen LogP contribution in [0.4, 0.5) is 5.82 Å². The minimum absolute atomic E-state index is 0.00139. The van der Waals surface area contributed by atoms with Gasteiger partial charge in [0.15, 0.2) is 5.69 Å². The topological polar surface area (TPSA) is 73.7 Å². The molecule has 0 bridgehead atoms. The maximum Gasteiger partial charge on any atom is 0.354 e. The molecule has 2 aromatic rings. The Morgan fingerprint density at radius 3 is 2.50 bits per heavy atom. The number of rotatable bonds is 6. The van der Waals surface area contributed by atoms with Crippen LogP contribution in [0.15, 0.2) is 48.5 Å². The summed E-state index contributed by atoms with van der Waals surface area (Å²) in [5, 5.41) is 18.1. The molecule has 0 saturated heterocycles. The van der Waals surface area contributed by atoms with Crippen LogP contribution in [-0.2, 0) is 6.54 Å². The summed E-state index contributed by atoms with van der Waals surface area (Å²) in [6.07, 6.45) is 0. The second-order valence-corrected chi connectivity index (χ2v) is 4.32. The number of nitrogens with zero attached hydrogens (tertiary/aromatic N) is 2. The second-order valence-electron chi connectivity index (χ2n) is 4.32. The monoisotopic (exact) mass is 272 g/mol. The Labute approximate surface area is 117 Å². The first-order chi connectivity index (χ1) is 9.70. The predicted octanol–water partition coefficient (Wildman–Crippen LogP) is 1.78. The normalized spacial score (nSPS) is 10.2. The standard InChI is InChI=1S/C15H16N2O3/c18-10-9-17(11-12-5-2-1-3-6-12)14-8-4-7-13(16-14)15(19)20/h1-8,18H,9-11H2,(H,19,20). The average molecular weight is 272 g/mol. The van der Waals surface area contributed by atoms with Crippen molar-refractivity contribution in [1.82, 2.24) is 4.98 Å². The van der Waals surface area contributed by atoms with Crippen molar-refractivity contribution in [2.75, 3.05) is 18.1 Å². The van der Waals surface area contributed by atoms with E-state index in [0.29, 0.717) is 18.9 Å². The number of anilines is 1. The first kappa shape index (κ1) is 14.0. The summed E-state index contributed by atoms with van der Waals surface area (Å²) >= 11 is 0. The van der Waals surface area contributed by atoms with E-state index in [4.69, 9.17) is 10.2 Å². The van der Waals surface area contributed by atoms with Crippen molar-refractivity contribution in [1.29, 1.82) is 0 Å². The van der Waals surface area contributed by atoms with E-state index >= 15 is 0 Å². The van der Waals surface area contributed by atoms with Crippen LogP contribution in [-0.4, -0.2) is 34.3 Å². The highest BCUT2D eigenvalue weighted by Crippen LogP contribution is 2.15. The van der Waals surface area contributed by atoms with Crippen LogP contribution in [0, 0.1) is 0 Å². The molecule has 0 aliphatic carbocycles. The molecule has 104 valence electrons. The minimum Gasteiger partial charge on any atom is -0.477 e. The van der Waals surface area contributed by atoms with Gasteiger partial charge < -0.3 is 15.1 Å². The number of carboxylic acid groups (broad SMARTS) is 1. The van der Waals surface area contributed by atoms with Crippen molar-refractivity contribution in [3.63, 3.8) is 0 Å². The summed E-state index contributed by atoms with van der Waals surface area (Å²) in [6, 6.07) is 14.6. The molecule has 0 amide bonds. The third-order valence-corrected chi connectivity index (χ3v) is 2.86. The van der Waals surface area contributed by atoms with Crippen LogP contribution in [0.3, 0.4) is 0 Å². The van der Waals surface area contributed by atoms with Gasteiger partial charge in [0.1, 0.15) is 5.82 Å². The van der Waals surface area contributed by atoms with Crippen LogP contribution in [0.2, 0.25) is 0 Å². The van der Waals surface area contributed by atoms with Crippen molar-refractivity contribution in [2.45, 2.75) is 6.54 Å². The van der Waals surface area contributed by atoms with Crippen molar-refractivity contribution in [2.24, 2.45) is 0 Å². The fourth-order valence-electron chi connectivity index (χ4n) is 1.92. The molecule has 5 heteroatoms. The van der Waals surface area contributed by atoms with Gasteiger partial charge in [-0.25, -0.2) is 9.78 Å². The molecule has 5 nitrogen and oxygen atoms in total. The molecule has 0 radical (unpaired) electrons. The summed E-state index contributed by atoms with van der Waals surface area (Å²) in [5.74, 6) is -0.515. The van der Waals surface area contributed by atoms with E-state index in [1.54, 1.807) is 12.1 Å². The molecule has 1 aromatic carbocycles. The molecule has 0 spiro atoms. The van der Waals surface area contributed by atoms with Crippen molar-refractivity contribution in [3.8, 4) is 0 Å². The number of carbonyl (C=O) groups is 1. The molecule has 20 heavy (non-hydrogen) atoms. The number of hydrogen-bond acceptors (Lipinski definition) is 4. The van der Waals surface area contributed by atoms with Crippen molar-refractivity contribution < 1.29 is 15.0 Å². The highest BCUT2D eigenvalue weighted by Gasteiger charge is 2.11. The third kappa shape index (κ3) is 3.55. The van der Waals surface area contributed by atoms with Gasteiger partial charge in [0.25, 0.3) is 0 Å². The quantitative estimate of drug-likeness (QED) is 0.838. The van der Waals surface area contributed by atoms with Gasteiger partial charge >= 0.3 is 5.97 Å². The Balaban J connectivity index is 2.24. The summed E-state index contributed by atoms with van der Waals surface area (Å²) in [4.78, 5) is 16.9. The van der Waals surface area contributed by atoms with Gasteiger partial charge in [-0.1, -0.05) is 36.4 Å². The van der Waals surface area contributed by atoms with Crippen LogP contribution in [0.5, 0.6) is 0 Å². The molecule has 2 N–H and O–H groups in total. The highest BCUT2D eigenvalue weighted by molar-refractivity contribution is 5.85. The number of pyridine rings is 1. The largest absolute Gasteiger partial charge is 0.477 e. The van der Waals surface area contributed by atoms with Crippen molar-refractivity contribution >= 4 is 11.8 Å².